The van der Waals surface area contributed by atoms with E-state index in [4.69, 9.17) is 11.6 Å². The van der Waals surface area contributed by atoms with Gasteiger partial charge in [0.05, 0.1) is 0 Å². The summed E-state index contributed by atoms with van der Waals surface area (Å²) in [6, 6.07) is 7.59. The SMILES string of the molecule is CNCCC1CCCCN1C(=O)c1cccc(Cl)c1. The van der Waals surface area contributed by atoms with Gasteiger partial charge in [0.25, 0.3) is 5.91 Å². The normalized spacial score (nSPS) is 19.5. The van der Waals surface area contributed by atoms with E-state index in [0.29, 0.717) is 16.6 Å². The van der Waals surface area contributed by atoms with Gasteiger partial charge in [-0.05, 0) is 57.5 Å². The quantitative estimate of drug-likeness (QED) is 0.920. The van der Waals surface area contributed by atoms with Crippen LogP contribution in [-0.2, 0) is 0 Å². The topological polar surface area (TPSA) is 32.3 Å². The lowest BCUT2D eigenvalue weighted by molar-refractivity contribution is 0.0602. The second-order valence-corrected chi connectivity index (χ2v) is 5.49. The Labute approximate surface area is 119 Å². The maximum atomic E-state index is 12.6. The van der Waals surface area contributed by atoms with Gasteiger partial charge in [-0.25, -0.2) is 0 Å². The molecule has 104 valence electrons. The minimum atomic E-state index is 0.114. The Morgan fingerprint density at radius 3 is 3.05 bits per heavy atom. The molecule has 19 heavy (non-hydrogen) atoms. The summed E-state index contributed by atoms with van der Waals surface area (Å²) in [7, 11) is 1.95. The van der Waals surface area contributed by atoms with Gasteiger partial charge in [-0.3, -0.25) is 4.79 Å². The molecule has 1 unspecified atom stereocenters. The van der Waals surface area contributed by atoms with Gasteiger partial charge in [0.15, 0.2) is 0 Å². The summed E-state index contributed by atoms with van der Waals surface area (Å²) in [5, 5.41) is 3.78. The van der Waals surface area contributed by atoms with E-state index in [0.717, 1.165) is 32.4 Å². The second kappa shape index (κ2) is 6.92. The maximum absolute atomic E-state index is 12.6. The number of piperidine rings is 1. The molecule has 3 nitrogen and oxygen atoms in total. The smallest absolute Gasteiger partial charge is 0.254 e. The monoisotopic (exact) mass is 280 g/mol. The van der Waals surface area contributed by atoms with Crippen molar-refractivity contribution in [2.45, 2.75) is 31.7 Å². The average molecular weight is 281 g/mol. The molecule has 0 aliphatic carbocycles. The van der Waals surface area contributed by atoms with Crippen molar-refractivity contribution in [1.29, 1.82) is 0 Å². The van der Waals surface area contributed by atoms with Crippen molar-refractivity contribution in [3.63, 3.8) is 0 Å². The van der Waals surface area contributed by atoms with Crippen molar-refractivity contribution >= 4 is 17.5 Å². The zero-order valence-electron chi connectivity index (χ0n) is 11.4. The van der Waals surface area contributed by atoms with Crippen LogP contribution in [0.4, 0.5) is 0 Å². The Bertz CT molecular complexity index is 436. The van der Waals surface area contributed by atoms with E-state index in [2.05, 4.69) is 5.32 Å². The Balaban J connectivity index is 2.10. The average Bonchev–Trinajstić information content (AvgIpc) is 2.44. The van der Waals surface area contributed by atoms with E-state index in [1.54, 1.807) is 12.1 Å². The lowest BCUT2D eigenvalue weighted by Crippen LogP contribution is -2.44. The molecular formula is C15H21ClN2O. The first-order valence-electron chi connectivity index (χ1n) is 6.93. The van der Waals surface area contributed by atoms with Crippen molar-refractivity contribution in [2.75, 3.05) is 20.1 Å². The Morgan fingerprint density at radius 1 is 1.47 bits per heavy atom. The standard InChI is InChI=1S/C15H21ClN2O/c1-17-9-8-14-7-2-3-10-18(14)15(19)12-5-4-6-13(16)11-12/h4-6,11,14,17H,2-3,7-10H2,1H3. The number of carbonyl (C=O) groups is 1. The first-order chi connectivity index (χ1) is 9.22. The number of carbonyl (C=O) groups excluding carboxylic acids is 1. The number of benzene rings is 1. The molecule has 0 saturated carbocycles. The lowest BCUT2D eigenvalue weighted by Gasteiger charge is -2.36. The van der Waals surface area contributed by atoms with Crippen LogP contribution in [0.1, 0.15) is 36.0 Å². The molecule has 1 saturated heterocycles. The molecule has 1 atom stereocenters. The highest BCUT2D eigenvalue weighted by Crippen LogP contribution is 2.22. The summed E-state index contributed by atoms with van der Waals surface area (Å²) in [6.45, 7) is 1.81. The van der Waals surface area contributed by atoms with E-state index < -0.39 is 0 Å². The van der Waals surface area contributed by atoms with Gasteiger partial charge in [0.1, 0.15) is 0 Å². The predicted octanol–water partition coefficient (Wildman–Crippen LogP) is 2.94. The fourth-order valence-corrected chi connectivity index (χ4v) is 2.86. The van der Waals surface area contributed by atoms with E-state index in [1.165, 1.54) is 6.42 Å². The minimum Gasteiger partial charge on any atom is -0.336 e. The highest BCUT2D eigenvalue weighted by molar-refractivity contribution is 6.30. The van der Waals surface area contributed by atoms with Crippen molar-refractivity contribution in [3.8, 4) is 0 Å². The summed E-state index contributed by atoms with van der Waals surface area (Å²) in [5.74, 6) is 0.114. The van der Waals surface area contributed by atoms with Gasteiger partial charge in [-0.1, -0.05) is 17.7 Å². The lowest BCUT2D eigenvalue weighted by atomic mass is 9.98. The third-order valence-corrected chi connectivity index (χ3v) is 3.92. The van der Waals surface area contributed by atoms with E-state index >= 15 is 0 Å². The molecule has 0 aromatic heterocycles. The highest BCUT2D eigenvalue weighted by Gasteiger charge is 2.26. The van der Waals surface area contributed by atoms with Gasteiger partial charge in [-0.2, -0.15) is 0 Å². The first-order valence-corrected chi connectivity index (χ1v) is 7.31. The predicted molar refractivity (Wildman–Crippen MR) is 78.7 cm³/mol. The third kappa shape index (κ3) is 3.71. The molecule has 1 heterocycles. The minimum absolute atomic E-state index is 0.114. The fourth-order valence-electron chi connectivity index (χ4n) is 2.67. The summed E-state index contributed by atoms with van der Waals surface area (Å²) >= 11 is 5.97. The molecule has 0 spiro atoms. The van der Waals surface area contributed by atoms with Crippen LogP contribution in [0, 0.1) is 0 Å². The molecule has 1 fully saturated rings. The molecule has 1 amide bonds. The molecule has 1 aliphatic heterocycles. The molecule has 4 heteroatoms. The number of nitrogens with zero attached hydrogens (tertiary/aromatic N) is 1. The zero-order valence-corrected chi connectivity index (χ0v) is 12.1. The van der Waals surface area contributed by atoms with E-state index in [-0.39, 0.29) is 5.91 Å². The first kappa shape index (κ1) is 14.4. The maximum Gasteiger partial charge on any atom is 0.254 e. The van der Waals surface area contributed by atoms with Gasteiger partial charge < -0.3 is 10.2 Å². The fraction of sp³-hybridized carbons (Fsp3) is 0.533. The Hall–Kier alpha value is -1.06. The summed E-state index contributed by atoms with van der Waals surface area (Å²) in [6.07, 6.45) is 4.44. The molecule has 1 aromatic carbocycles. The van der Waals surface area contributed by atoms with Crippen LogP contribution >= 0.6 is 11.6 Å². The van der Waals surface area contributed by atoms with Crippen LogP contribution in [0.2, 0.25) is 5.02 Å². The number of hydrogen-bond acceptors (Lipinski definition) is 2. The number of halogens is 1. The zero-order chi connectivity index (χ0) is 13.7. The molecule has 0 bridgehead atoms. The van der Waals surface area contributed by atoms with Crippen molar-refractivity contribution in [1.82, 2.24) is 10.2 Å². The Morgan fingerprint density at radius 2 is 2.32 bits per heavy atom. The number of likely N-dealkylation sites (tertiary alicyclic amines) is 1. The van der Waals surface area contributed by atoms with Crippen LogP contribution in [0.5, 0.6) is 0 Å². The van der Waals surface area contributed by atoms with Crippen molar-refractivity contribution < 1.29 is 4.79 Å². The van der Waals surface area contributed by atoms with Crippen LogP contribution in [0.3, 0.4) is 0 Å². The third-order valence-electron chi connectivity index (χ3n) is 3.69. The van der Waals surface area contributed by atoms with Gasteiger partial charge in [0, 0.05) is 23.2 Å². The number of amides is 1. The highest BCUT2D eigenvalue weighted by atomic mass is 35.5. The van der Waals surface area contributed by atoms with Crippen molar-refractivity contribution in [3.05, 3.63) is 34.9 Å². The number of hydrogen-bond donors (Lipinski definition) is 1. The van der Waals surface area contributed by atoms with E-state index in [9.17, 15) is 4.79 Å². The second-order valence-electron chi connectivity index (χ2n) is 5.05. The van der Waals surface area contributed by atoms with Crippen LogP contribution < -0.4 is 5.32 Å². The number of nitrogens with one attached hydrogen (secondary N) is 1. The van der Waals surface area contributed by atoms with Crippen LogP contribution in [0.15, 0.2) is 24.3 Å². The van der Waals surface area contributed by atoms with Crippen molar-refractivity contribution in [2.24, 2.45) is 0 Å². The van der Waals surface area contributed by atoms with Gasteiger partial charge >= 0.3 is 0 Å². The van der Waals surface area contributed by atoms with Crippen LogP contribution in [0.25, 0.3) is 0 Å². The molecule has 1 N–H and O–H groups in total. The van der Waals surface area contributed by atoms with Crippen LogP contribution in [-0.4, -0.2) is 37.0 Å². The van der Waals surface area contributed by atoms with Gasteiger partial charge in [-0.15, -0.1) is 0 Å². The van der Waals surface area contributed by atoms with Gasteiger partial charge in [0.2, 0.25) is 0 Å². The largest absolute Gasteiger partial charge is 0.336 e. The molecule has 1 aliphatic rings. The Kier molecular flexibility index (Phi) is 5.23. The summed E-state index contributed by atoms with van der Waals surface area (Å²) in [5.41, 5.74) is 0.698. The molecule has 2 rings (SSSR count). The molecule has 1 aromatic rings. The van der Waals surface area contributed by atoms with E-state index in [1.807, 2.05) is 24.1 Å². The number of rotatable bonds is 4. The molecular weight excluding hydrogens is 260 g/mol. The molecule has 0 radical (unpaired) electrons. The summed E-state index contributed by atoms with van der Waals surface area (Å²) in [4.78, 5) is 14.6. The summed E-state index contributed by atoms with van der Waals surface area (Å²) < 4.78 is 0.